The number of carbonyl (C=O) groups is 2. The van der Waals surface area contributed by atoms with E-state index in [9.17, 15) is 35.1 Å². The third kappa shape index (κ3) is 6.62. The lowest BCUT2D eigenvalue weighted by molar-refractivity contribution is -0.295. The molecule has 8 atom stereocenters. The minimum absolute atomic E-state index is 0.0503. The minimum atomic E-state index is -3.36. The fraction of sp³-hybridized carbons (Fsp3) is 0.739. The van der Waals surface area contributed by atoms with Crippen LogP contribution in [-0.2, 0) is 19.2 Å². The summed E-state index contributed by atoms with van der Waals surface area (Å²) in [5.74, 6) is -5.96. The Kier molecular flexibility index (Phi) is 9.59. The van der Waals surface area contributed by atoms with Crippen LogP contribution in [0.2, 0.25) is 0 Å². The highest BCUT2D eigenvalue weighted by molar-refractivity contribution is 5.77. The van der Waals surface area contributed by atoms with Crippen molar-refractivity contribution in [3.05, 3.63) is 23.8 Å². The lowest BCUT2D eigenvalue weighted by atomic mass is 9.66. The van der Waals surface area contributed by atoms with E-state index in [-0.39, 0.29) is 42.5 Å². The van der Waals surface area contributed by atoms with E-state index in [1.54, 1.807) is 13.0 Å². The molecule has 0 heterocycles. The van der Waals surface area contributed by atoms with Crippen molar-refractivity contribution in [3.63, 3.8) is 0 Å². The molecule has 0 saturated carbocycles. The lowest BCUT2D eigenvalue weighted by Gasteiger charge is -2.43. The molecule has 10 nitrogen and oxygen atoms in total. The van der Waals surface area contributed by atoms with Crippen LogP contribution < -0.4 is 0 Å². The Bertz CT molecular complexity index is 746. The van der Waals surface area contributed by atoms with Crippen LogP contribution in [0.15, 0.2) is 23.8 Å². The zero-order valence-corrected chi connectivity index (χ0v) is 19.2. The van der Waals surface area contributed by atoms with E-state index in [0.717, 1.165) is 5.57 Å². The van der Waals surface area contributed by atoms with Gasteiger partial charge in [-0.05, 0) is 36.7 Å². The summed E-state index contributed by atoms with van der Waals surface area (Å²) < 4.78 is 5.80. The molecule has 0 aliphatic heterocycles. The van der Waals surface area contributed by atoms with Gasteiger partial charge in [-0.25, -0.2) is 4.79 Å². The fourth-order valence-corrected chi connectivity index (χ4v) is 4.55. The number of allylic oxidation sites excluding steroid dienone is 2. The van der Waals surface area contributed by atoms with Gasteiger partial charge in [-0.15, -0.1) is 0 Å². The highest BCUT2D eigenvalue weighted by atomic mass is 17.1. The average molecular weight is 473 g/mol. The maximum atomic E-state index is 12.5. The number of aliphatic hydroxyl groups is 5. The minimum Gasteiger partial charge on any atom is -0.461 e. The highest BCUT2D eigenvalue weighted by Gasteiger charge is 2.45. The number of esters is 1. The molecule has 0 radical (unpaired) electrons. The smallest absolute Gasteiger partial charge is 0.403 e. The summed E-state index contributed by atoms with van der Waals surface area (Å²) in [6, 6.07) is 0. The van der Waals surface area contributed by atoms with Crippen molar-refractivity contribution >= 4 is 11.9 Å². The largest absolute Gasteiger partial charge is 0.461 e. The number of ether oxygens (including phenoxy) is 1. The quantitative estimate of drug-likeness (QED) is 0.115. The maximum Gasteiger partial charge on any atom is 0.403 e. The molecule has 2 aliphatic rings. The topological polar surface area (TPSA) is 174 Å². The number of aliphatic hydroxyl groups excluding tert-OH is 3. The van der Waals surface area contributed by atoms with Crippen molar-refractivity contribution < 1.29 is 50.0 Å². The predicted molar refractivity (Wildman–Crippen MR) is 115 cm³/mol. The SMILES string of the molecule is CC[C@H](C)C(=O)O[C@H]1C[C@H](O)C=C2C=C[C@H](C)[C@H](CC[C@@H](O)C[C@@H](O)C(O)(O)C(=O)OO)[C@H]21. The van der Waals surface area contributed by atoms with E-state index in [1.807, 2.05) is 26.0 Å². The van der Waals surface area contributed by atoms with Gasteiger partial charge in [-0.1, -0.05) is 39.0 Å². The van der Waals surface area contributed by atoms with E-state index in [2.05, 4.69) is 4.89 Å². The van der Waals surface area contributed by atoms with Crippen LogP contribution in [-0.4, -0.2) is 72.9 Å². The van der Waals surface area contributed by atoms with E-state index in [4.69, 9.17) is 9.99 Å². The first-order chi connectivity index (χ1) is 15.4. The molecule has 0 amide bonds. The molecule has 10 heteroatoms. The van der Waals surface area contributed by atoms with Crippen molar-refractivity contribution in [2.45, 2.75) is 83.1 Å². The molecule has 0 aromatic rings. The van der Waals surface area contributed by atoms with Crippen molar-refractivity contribution in [3.8, 4) is 0 Å². The first-order valence-electron chi connectivity index (χ1n) is 11.4. The zero-order chi connectivity index (χ0) is 24.9. The number of hydrogen-bond acceptors (Lipinski definition) is 10. The van der Waals surface area contributed by atoms with Crippen LogP contribution in [0.4, 0.5) is 0 Å². The van der Waals surface area contributed by atoms with Gasteiger partial charge in [0.25, 0.3) is 5.79 Å². The summed E-state index contributed by atoms with van der Waals surface area (Å²) in [7, 11) is 0. The standard InChI is InChI=1S/C23H36O10/c1-4-12(2)21(27)32-18-10-16(25)9-14-6-5-13(3)17(20(14)18)8-7-15(24)11-19(26)23(29,30)22(28)33-31/h5-6,9,12-13,15-20,24-26,29-31H,4,7-8,10-11H2,1-3H3/t12-,13-,15+,16+,17-,18-,19+,20-/m0/s1. The Morgan fingerprint density at radius 2 is 1.94 bits per heavy atom. The average Bonchev–Trinajstić information content (AvgIpc) is 2.76. The number of hydrogen-bond donors (Lipinski definition) is 6. The van der Waals surface area contributed by atoms with E-state index < -0.39 is 42.6 Å². The molecule has 2 aliphatic carbocycles. The van der Waals surface area contributed by atoms with Crippen LogP contribution in [0, 0.1) is 23.7 Å². The molecule has 6 N–H and O–H groups in total. The van der Waals surface area contributed by atoms with Gasteiger partial charge in [0.2, 0.25) is 0 Å². The van der Waals surface area contributed by atoms with Gasteiger partial charge >= 0.3 is 11.9 Å². The second kappa shape index (κ2) is 11.5. The lowest BCUT2D eigenvalue weighted by Crippen LogP contribution is -2.51. The summed E-state index contributed by atoms with van der Waals surface area (Å²) in [6.07, 6.45) is 2.10. The summed E-state index contributed by atoms with van der Waals surface area (Å²) in [5, 5.41) is 58.0. The molecule has 0 unspecified atom stereocenters. The first-order valence-corrected chi connectivity index (χ1v) is 11.4. The number of fused-ring (bicyclic) bond motifs is 1. The van der Waals surface area contributed by atoms with Crippen LogP contribution in [0.5, 0.6) is 0 Å². The Morgan fingerprint density at radius 1 is 1.27 bits per heavy atom. The molecule has 2 rings (SSSR count). The molecule has 0 spiro atoms. The molecule has 0 aromatic carbocycles. The third-order valence-electron chi connectivity index (χ3n) is 6.83. The molecule has 0 saturated heterocycles. The Balaban J connectivity index is 2.11. The Hall–Kier alpha value is -1.82. The van der Waals surface area contributed by atoms with Gasteiger partial charge in [0.05, 0.1) is 18.1 Å². The van der Waals surface area contributed by atoms with Crippen LogP contribution in [0.3, 0.4) is 0 Å². The second-order valence-electron chi connectivity index (χ2n) is 9.25. The molecular formula is C23H36O10. The summed E-state index contributed by atoms with van der Waals surface area (Å²) >= 11 is 0. The Labute approximate surface area is 193 Å². The van der Waals surface area contributed by atoms with Gasteiger partial charge in [-0.2, -0.15) is 5.26 Å². The van der Waals surface area contributed by atoms with Crippen LogP contribution in [0.25, 0.3) is 0 Å². The second-order valence-corrected chi connectivity index (χ2v) is 9.25. The van der Waals surface area contributed by atoms with Crippen LogP contribution >= 0.6 is 0 Å². The zero-order valence-electron chi connectivity index (χ0n) is 19.2. The predicted octanol–water partition coefficient (Wildman–Crippen LogP) is 0.663. The molecule has 33 heavy (non-hydrogen) atoms. The summed E-state index contributed by atoms with van der Waals surface area (Å²) in [4.78, 5) is 26.9. The molecule has 188 valence electrons. The number of rotatable bonds is 10. The monoisotopic (exact) mass is 472 g/mol. The molecule has 0 fully saturated rings. The molecule has 0 aromatic heterocycles. The van der Waals surface area contributed by atoms with E-state index >= 15 is 0 Å². The van der Waals surface area contributed by atoms with Gasteiger partial charge in [0.15, 0.2) is 0 Å². The third-order valence-corrected chi connectivity index (χ3v) is 6.83. The van der Waals surface area contributed by atoms with Crippen LogP contribution in [0.1, 0.15) is 52.9 Å². The van der Waals surface area contributed by atoms with Gasteiger partial charge in [0, 0.05) is 18.8 Å². The fourth-order valence-electron chi connectivity index (χ4n) is 4.55. The van der Waals surface area contributed by atoms with Crippen molar-refractivity contribution in [1.82, 2.24) is 0 Å². The number of carbonyl (C=O) groups excluding carboxylic acids is 2. The first kappa shape index (κ1) is 27.4. The Morgan fingerprint density at radius 3 is 2.55 bits per heavy atom. The van der Waals surface area contributed by atoms with Crippen molar-refractivity contribution in [2.24, 2.45) is 23.7 Å². The van der Waals surface area contributed by atoms with Gasteiger partial charge < -0.3 is 30.3 Å². The van der Waals surface area contributed by atoms with E-state index in [0.29, 0.717) is 12.8 Å². The van der Waals surface area contributed by atoms with E-state index in [1.165, 1.54) is 0 Å². The van der Waals surface area contributed by atoms with Crippen molar-refractivity contribution in [2.75, 3.05) is 0 Å². The maximum absolute atomic E-state index is 12.5. The van der Waals surface area contributed by atoms with Crippen molar-refractivity contribution in [1.29, 1.82) is 0 Å². The highest BCUT2D eigenvalue weighted by Crippen LogP contribution is 2.44. The normalized spacial score (nSPS) is 30.0. The summed E-state index contributed by atoms with van der Waals surface area (Å²) in [6.45, 7) is 5.68. The van der Waals surface area contributed by atoms with Gasteiger partial charge in [0.1, 0.15) is 12.2 Å². The summed E-state index contributed by atoms with van der Waals surface area (Å²) in [5.41, 5.74) is 0.865. The van der Waals surface area contributed by atoms with Gasteiger partial charge in [-0.3, -0.25) is 9.68 Å². The molecular weight excluding hydrogens is 436 g/mol. The molecule has 0 bridgehead atoms.